The molecule has 4 heteroatoms. The van der Waals surface area contributed by atoms with E-state index >= 15 is 0 Å². The van der Waals surface area contributed by atoms with E-state index in [1.807, 2.05) is 18.2 Å². The van der Waals surface area contributed by atoms with E-state index < -0.39 is 0 Å². The van der Waals surface area contributed by atoms with Crippen LogP contribution in [0.4, 0.5) is 11.4 Å². The molecule has 0 aliphatic carbocycles. The average Bonchev–Trinajstić information content (AvgIpc) is 2.20. The first-order valence-corrected chi connectivity index (χ1v) is 6.29. The monoisotopic (exact) mass is 285 g/mol. The fraction of sp³-hybridized carbons (Fsp3) is 0.500. The zero-order valence-corrected chi connectivity index (χ0v) is 11.7. The Morgan fingerprint density at radius 2 is 2.12 bits per heavy atom. The molecule has 1 aromatic carbocycles. The lowest BCUT2D eigenvalue weighted by Crippen LogP contribution is -2.31. The minimum atomic E-state index is 0.580. The standard InChI is InChI=1S/C12H20BrN3/c1-9(2)16(3)7-6-15-12-5-4-10(14)8-11(12)13/h4-5,8-9,15H,6-7,14H2,1-3H3. The summed E-state index contributed by atoms with van der Waals surface area (Å²) in [5, 5.41) is 3.38. The molecule has 0 aromatic heterocycles. The number of nitrogen functional groups attached to an aromatic ring is 1. The predicted octanol–water partition coefficient (Wildman–Crippen LogP) is 2.78. The van der Waals surface area contributed by atoms with Crippen molar-refractivity contribution in [1.82, 2.24) is 4.90 Å². The molecule has 0 unspecified atom stereocenters. The molecule has 0 saturated carbocycles. The zero-order chi connectivity index (χ0) is 12.1. The second-order valence-corrected chi connectivity index (χ2v) is 5.09. The maximum Gasteiger partial charge on any atom is 0.0486 e. The molecule has 1 rings (SSSR count). The number of benzene rings is 1. The normalized spacial score (nSPS) is 11.1. The van der Waals surface area contributed by atoms with Gasteiger partial charge in [-0.1, -0.05) is 0 Å². The van der Waals surface area contributed by atoms with Gasteiger partial charge in [-0.05, 0) is 55.0 Å². The first-order chi connectivity index (χ1) is 7.50. The van der Waals surface area contributed by atoms with E-state index in [0.717, 1.165) is 28.9 Å². The van der Waals surface area contributed by atoms with Crippen LogP contribution in [0, 0.1) is 0 Å². The van der Waals surface area contributed by atoms with Crippen molar-refractivity contribution >= 4 is 27.3 Å². The molecule has 0 amide bonds. The first-order valence-electron chi connectivity index (χ1n) is 5.50. The molecule has 0 radical (unpaired) electrons. The highest BCUT2D eigenvalue weighted by atomic mass is 79.9. The molecule has 0 fully saturated rings. The third-order valence-electron chi connectivity index (χ3n) is 2.65. The fourth-order valence-electron chi connectivity index (χ4n) is 1.30. The van der Waals surface area contributed by atoms with Gasteiger partial charge in [0.2, 0.25) is 0 Å². The Morgan fingerprint density at radius 3 is 2.69 bits per heavy atom. The molecular weight excluding hydrogens is 266 g/mol. The Balaban J connectivity index is 2.43. The van der Waals surface area contributed by atoms with Crippen molar-refractivity contribution in [2.45, 2.75) is 19.9 Å². The van der Waals surface area contributed by atoms with Crippen LogP contribution in [0.15, 0.2) is 22.7 Å². The molecule has 0 heterocycles. The van der Waals surface area contributed by atoms with Gasteiger partial charge < -0.3 is 16.0 Å². The lowest BCUT2D eigenvalue weighted by atomic mass is 10.3. The molecule has 0 atom stereocenters. The molecular formula is C12H20BrN3. The fourth-order valence-corrected chi connectivity index (χ4v) is 1.84. The van der Waals surface area contributed by atoms with Crippen LogP contribution >= 0.6 is 15.9 Å². The van der Waals surface area contributed by atoms with Crippen molar-refractivity contribution in [2.75, 3.05) is 31.2 Å². The van der Waals surface area contributed by atoms with Crippen molar-refractivity contribution in [1.29, 1.82) is 0 Å². The van der Waals surface area contributed by atoms with Crippen molar-refractivity contribution < 1.29 is 0 Å². The molecule has 0 saturated heterocycles. The number of rotatable bonds is 5. The second-order valence-electron chi connectivity index (χ2n) is 4.24. The first kappa shape index (κ1) is 13.3. The summed E-state index contributed by atoms with van der Waals surface area (Å²) in [4.78, 5) is 2.30. The summed E-state index contributed by atoms with van der Waals surface area (Å²) in [5.74, 6) is 0. The molecule has 0 bridgehead atoms. The smallest absolute Gasteiger partial charge is 0.0486 e. The van der Waals surface area contributed by atoms with E-state index in [-0.39, 0.29) is 0 Å². The van der Waals surface area contributed by atoms with Gasteiger partial charge in [0.05, 0.1) is 0 Å². The van der Waals surface area contributed by atoms with E-state index in [2.05, 4.69) is 47.0 Å². The summed E-state index contributed by atoms with van der Waals surface area (Å²) >= 11 is 3.49. The van der Waals surface area contributed by atoms with E-state index in [1.54, 1.807) is 0 Å². The van der Waals surface area contributed by atoms with E-state index in [4.69, 9.17) is 5.73 Å². The minimum Gasteiger partial charge on any atom is -0.399 e. The highest BCUT2D eigenvalue weighted by Crippen LogP contribution is 2.24. The van der Waals surface area contributed by atoms with Crippen LogP contribution in [0.5, 0.6) is 0 Å². The van der Waals surface area contributed by atoms with Crippen molar-refractivity contribution in [3.05, 3.63) is 22.7 Å². The van der Waals surface area contributed by atoms with E-state index in [1.165, 1.54) is 0 Å². The maximum atomic E-state index is 5.68. The summed E-state index contributed by atoms with van der Waals surface area (Å²) in [7, 11) is 2.13. The van der Waals surface area contributed by atoms with Crippen LogP contribution in [-0.4, -0.2) is 31.1 Å². The third-order valence-corrected chi connectivity index (χ3v) is 3.31. The topological polar surface area (TPSA) is 41.3 Å². The van der Waals surface area contributed by atoms with Gasteiger partial charge in [-0.15, -0.1) is 0 Å². The van der Waals surface area contributed by atoms with Gasteiger partial charge in [0.25, 0.3) is 0 Å². The van der Waals surface area contributed by atoms with Crippen molar-refractivity contribution in [3.8, 4) is 0 Å². The Morgan fingerprint density at radius 1 is 1.44 bits per heavy atom. The molecule has 0 aliphatic heterocycles. The quantitative estimate of drug-likeness (QED) is 0.818. The summed E-state index contributed by atoms with van der Waals surface area (Å²) in [5.41, 5.74) is 7.54. The number of nitrogens with zero attached hydrogens (tertiary/aromatic N) is 1. The van der Waals surface area contributed by atoms with Crippen LogP contribution in [-0.2, 0) is 0 Å². The summed E-state index contributed by atoms with van der Waals surface area (Å²) in [6, 6.07) is 6.39. The lowest BCUT2D eigenvalue weighted by Gasteiger charge is -2.21. The van der Waals surface area contributed by atoms with Crippen molar-refractivity contribution in [3.63, 3.8) is 0 Å². The summed E-state index contributed by atoms with van der Waals surface area (Å²) in [6.07, 6.45) is 0. The van der Waals surface area contributed by atoms with Gasteiger partial charge >= 0.3 is 0 Å². The van der Waals surface area contributed by atoms with Gasteiger partial charge in [-0.3, -0.25) is 0 Å². The van der Waals surface area contributed by atoms with Gasteiger partial charge in [0.1, 0.15) is 0 Å². The number of halogens is 1. The van der Waals surface area contributed by atoms with Crippen molar-refractivity contribution in [2.24, 2.45) is 0 Å². The number of hydrogen-bond acceptors (Lipinski definition) is 3. The zero-order valence-electron chi connectivity index (χ0n) is 10.1. The highest BCUT2D eigenvalue weighted by molar-refractivity contribution is 9.10. The van der Waals surface area contributed by atoms with E-state index in [9.17, 15) is 0 Å². The average molecular weight is 286 g/mol. The predicted molar refractivity (Wildman–Crippen MR) is 74.8 cm³/mol. The van der Waals surface area contributed by atoms with Crippen LogP contribution in [0.1, 0.15) is 13.8 Å². The maximum absolute atomic E-state index is 5.68. The molecule has 3 N–H and O–H groups in total. The third kappa shape index (κ3) is 4.02. The number of nitrogens with two attached hydrogens (primary N) is 1. The Hall–Kier alpha value is -0.740. The number of anilines is 2. The SMILES string of the molecule is CC(C)N(C)CCNc1ccc(N)cc1Br. The molecule has 3 nitrogen and oxygen atoms in total. The van der Waals surface area contributed by atoms with Crippen LogP contribution in [0.2, 0.25) is 0 Å². The Labute approximate surface area is 106 Å². The molecule has 1 aromatic rings. The second kappa shape index (κ2) is 6.11. The van der Waals surface area contributed by atoms with Gasteiger partial charge in [0.15, 0.2) is 0 Å². The molecule has 0 aliphatic rings. The van der Waals surface area contributed by atoms with Crippen LogP contribution in [0.25, 0.3) is 0 Å². The summed E-state index contributed by atoms with van der Waals surface area (Å²) < 4.78 is 1.01. The minimum absolute atomic E-state index is 0.580. The summed E-state index contributed by atoms with van der Waals surface area (Å²) in [6.45, 7) is 6.34. The Bertz CT molecular complexity index is 339. The van der Waals surface area contributed by atoms with Gasteiger partial charge in [0, 0.05) is 35.0 Å². The van der Waals surface area contributed by atoms with Gasteiger partial charge in [-0.25, -0.2) is 0 Å². The molecule has 16 heavy (non-hydrogen) atoms. The number of likely N-dealkylation sites (N-methyl/N-ethyl adjacent to an activating group) is 1. The van der Waals surface area contributed by atoms with Crippen LogP contribution in [0.3, 0.4) is 0 Å². The van der Waals surface area contributed by atoms with E-state index in [0.29, 0.717) is 6.04 Å². The molecule has 90 valence electrons. The highest BCUT2D eigenvalue weighted by Gasteiger charge is 2.03. The largest absolute Gasteiger partial charge is 0.399 e. The number of nitrogens with one attached hydrogen (secondary N) is 1. The number of hydrogen-bond donors (Lipinski definition) is 2. The van der Waals surface area contributed by atoms with Gasteiger partial charge in [-0.2, -0.15) is 0 Å². The Kier molecular flexibility index (Phi) is 5.09. The van der Waals surface area contributed by atoms with Crippen LogP contribution < -0.4 is 11.1 Å². The molecule has 0 spiro atoms. The lowest BCUT2D eigenvalue weighted by molar-refractivity contribution is 0.284.